The maximum absolute atomic E-state index is 12.4. The van der Waals surface area contributed by atoms with Crippen LogP contribution in [0.2, 0.25) is 0 Å². The van der Waals surface area contributed by atoms with Gasteiger partial charge in [-0.1, -0.05) is 0 Å². The van der Waals surface area contributed by atoms with Gasteiger partial charge >= 0.3 is 0 Å². The highest BCUT2D eigenvalue weighted by atomic mass is 16.5. The van der Waals surface area contributed by atoms with Gasteiger partial charge in [0.25, 0.3) is 0 Å². The van der Waals surface area contributed by atoms with Gasteiger partial charge in [0.1, 0.15) is 11.5 Å². The van der Waals surface area contributed by atoms with E-state index in [9.17, 15) is 4.79 Å². The van der Waals surface area contributed by atoms with Crippen molar-refractivity contribution in [2.24, 2.45) is 0 Å². The van der Waals surface area contributed by atoms with E-state index in [4.69, 9.17) is 9.47 Å². The molecule has 0 radical (unpaired) electrons. The van der Waals surface area contributed by atoms with E-state index in [-0.39, 0.29) is 11.9 Å². The van der Waals surface area contributed by atoms with E-state index in [1.54, 1.807) is 14.2 Å². The van der Waals surface area contributed by atoms with Gasteiger partial charge < -0.3 is 19.7 Å². The Kier molecular flexibility index (Phi) is 5.44. The van der Waals surface area contributed by atoms with E-state index in [1.165, 1.54) is 0 Å². The average molecular weight is 292 g/mol. The van der Waals surface area contributed by atoms with Crippen LogP contribution < -0.4 is 14.8 Å². The molecule has 1 atom stereocenters. The summed E-state index contributed by atoms with van der Waals surface area (Å²) in [6.07, 6.45) is 2.52. The number of carbonyl (C=O) groups is 1. The molecule has 1 aliphatic rings. The molecule has 1 saturated heterocycles. The second kappa shape index (κ2) is 7.31. The third-order valence-corrected chi connectivity index (χ3v) is 3.96. The van der Waals surface area contributed by atoms with E-state index < -0.39 is 0 Å². The summed E-state index contributed by atoms with van der Waals surface area (Å²) in [4.78, 5) is 14.3. The minimum atomic E-state index is 0.0828. The highest BCUT2D eigenvalue weighted by Gasteiger charge is 2.31. The second-order valence-corrected chi connectivity index (χ2v) is 5.21. The van der Waals surface area contributed by atoms with Crippen molar-refractivity contribution in [3.8, 4) is 11.5 Å². The topological polar surface area (TPSA) is 50.8 Å². The van der Waals surface area contributed by atoms with Gasteiger partial charge in [0, 0.05) is 25.1 Å². The van der Waals surface area contributed by atoms with E-state index in [0.29, 0.717) is 13.0 Å². The average Bonchev–Trinajstić information content (AvgIpc) is 3.01. The molecule has 1 aromatic rings. The van der Waals surface area contributed by atoms with Crippen LogP contribution in [-0.2, 0) is 4.79 Å². The van der Waals surface area contributed by atoms with E-state index in [1.807, 2.05) is 30.1 Å². The van der Waals surface area contributed by atoms with Crippen molar-refractivity contribution in [1.29, 1.82) is 0 Å². The number of ether oxygens (including phenoxy) is 2. The summed E-state index contributed by atoms with van der Waals surface area (Å²) in [6.45, 7) is 1.52. The predicted molar refractivity (Wildman–Crippen MR) is 81.8 cm³/mol. The zero-order valence-electron chi connectivity index (χ0n) is 13.0. The maximum Gasteiger partial charge on any atom is 0.224 e. The molecule has 0 saturated carbocycles. The van der Waals surface area contributed by atoms with Crippen LogP contribution in [0.5, 0.6) is 11.5 Å². The molecule has 21 heavy (non-hydrogen) atoms. The van der Waals surface area contributed by atoms with Crippen molar-refractivity contribution in [3.05, 3.63) is 23.8 Å². The summed E-state index contributed by atoms with van der Waals surface area (Å²) >= 11 is 0. The first kappa shape index (κ1) is 15.6. The summed E-state index contributed by atoms with van der Waals surface area (Å²) in [5, 5.41) is 3.03. The van der Waals surface area contributed by atoms with Gasteiger partial charge in [-0.25, -0.2) is 0 Å². The Morgan fingerprint density at radius 1 is 1.38 bits per heavy atom. The van der Waals surface area contributed by atoms with E-state index in [2.05, 4.69) is 5.32 Å². The Hall–Kier alpha value is -1.75. The lowest BCUT2D eigenvalue weighted by Crippen LogP contribution is -2.32. The molecular weight excluding hydrogens is 268 g/mol. The van der Waals surface area contributed by atoms with Crippen molar-refractivity contribution in [1.82, 2.24) is 10.2 Å². The smallest absolute Gasteiger partial charge is 0.224 e. The molecule has 5 nitrogen and oxygen atoms in total. The fraction of sp³-hybridized carbons (Fsp3) is 0.562. The van der Waals surface area contributed by atoms with Gasteiger partial charge in [-0.2, -0.15) is 0 Å². The number of hydrogen-bond acceptors (Lipinski definition) is 4. The number of nitrogens with one attached hydrogen (secondary N) is 1. The molecule has 1 heterocycles. The number of hydrogen-bond donors (Lipinski definition) is 1. The molecule has 1 N–H and O–H groups in total. The van der Waals surface area contributed by atoms with E-state index in [0.717, 1.165) is 36.4 Å². The van der Waals surface area contributed by atoms with Crippen LogP contribution in [0.25, 0.3) is 0 Å². The molecule has 116 valence electrons. The molecule has 0 spiro atoms. The first-order valence-electron chi connectivity index (χ1n) is 7.37. The van der Waals surface area contributed by atoms with Crippen LogP contribution in [0.4, 0.5) is 0 Å². The number of rotatable bonds is 6. The quantitative estimate of drug-likeness (QED) is 0.871. The zero-order valence-corrected chi connectivity index (χ0v) is 13.0. The summed E-state index contributed by atoms with van der Waals surface area (Å²) in [5.41, 5.74) is 1.03. The molecule has 0 aromatic heterocycles. The van der Waals surface area contributed by atoms with E-state index >= 15 is 0 Å². The third-order valence-electron chi connectivity index (χ3n) is 3.96. The molecule has 2 rings (SSSR count). The predicted octanol–water partition coefficient (Wildman–Crippen LogP) is 1.98. The van der Waals surface area contributed by atoms with Crippen LogP contribution >= 0.6 is 0 Å². The number of carbonyl (C=O) groups excluding carboxylic acids is 1. The Bertz CT molecular complexity index is 490. The fourth-order valence-corrected chi connectivity index (χ4v) is 2.86. The first-order chi connectivity index (χ1) is 10.2. The van der Waals surface area contributed by atoms with Crippen LogP contribution in [0, 0.1) is 0 Å². The summed E-state index contributed by atoms with van der Waals surface area (Å²) in [6, 6.07) is 5.85. The van der Waals surface area contributed by atoms with Gasteiger partial charge in [-0.3, -0.25) is 4.79 Å². The Balaban J connectivity index is 2.24. The summed E-state index contributed by atoms with van der Waals surface area (Å²) in [7, 11) is 5.17. The number of methoxy groups -OCH3 is 2. The lowest BCUT2D eigenvalue weighted by molar-refractivity contribution is -0.132. The number of nitrogens with zero attached hydrogens (tertiary/aromatic N) is 1. The van der Waals surface area contributed by atoms with Crippen LogP contribution in [0.1, 0.15) is 30.9 Å². The van der Waals surface area contributed by atoms with Crippen molar-refractivity contribution >= 4 is 5.91 Å². The van der Waals surface area contributed by atoms with Crippen molar-refractivity contribution in [2.75, 3.05) is 34.4 Å². The molecule has 1 fully saturated rings. The van der Waals surface area contributed by atoms with Gasteiger partial charge in [0.05, 0.1) is 20.3 Å². The molecule has 1 aliphatic heterocycles. The molecule has 1 amide bonds. The highest BCUT2D eigenvalue weighted by Crippen LogP contribution is 2.39. The molecule has 5 heteroatoms. The monoisotopic (exact) mass is 292 g/mol. The lowest BCUT2D eigenvalue weighted by atomic mass is 10.0. The number of amides is 1. The first-order valence-corrected chi connectivity index (χ1v) is 7.37. The zero-order chi connectivity index (χ0) is 15.2. The third kappa shape index (κ3) is 3.47. The molecule has 1 unspecified atom stereocenters. The van der Waals surface area contributed by atoms with Gasteiger partial charge in [-0.05, 0) is 38.1 Å². The molecule has 1 aromatic carbocycles. The number of benzene rings is 1. The van der Waals surface area contributed by atoms with Gasteiger partial charge in [0.2, 0.25) is 5.91 Å². The standard InChI is InChI=1S/C16H24N2O3/c1-17-9-8-16(19)18-10-4-5-14(18)13-11-12(20-2)6-7-15(13)21-3/h6-7,11,14,17H,4-5,8-10H2,1-3H3. The van der Waals surface area contributed by atoms with Crippen LogP contribution in [0.15, 0.2) is 18.2 Å². The molecule has 0 bridgehead atoms. The van der Waals surface area contributed by atoms with Crippen molar-refractivity contribution in [2.45, 2.75) is 25.3 Å². The number of likely N-dealkylation sites (tertiary alicyclic amines) is 1. The highest BCUT2D eigenvalue weighted by molar-refractivity contribution is 5.77. The SMILES string of the molecule is CNCCC(=O)N1CCCC1c1cc(OC)ccc1OC. The summed E-state index contributed by atoms with van der Waals surface area (Å²) < 4.78 is 10.8. The van der Waals surface area contributed by atoms with Crippen molar-refractivity contribution in [3.63, 3.8) is 0 Å². The van der Waals surface area contributed by atoms with Crippen molar-refractivity contribution < 1.29 is 14.3 Å². The Labute approximate surface area is 126 Å². The largest absolute Gasteiger partial charge is 0.497 e. The normalized spacial score (nSPS) is 17.9. The van der Waals surface area contributed by atoms with Crippen LogP contribution in [-0.4, -0.2) is 45.2 Å². The van der Waals surface area contributed by atoms with Gasteiger partial charge in [-0.15, -0.1) is 0 Å². The van der Waals surface area contributed by atoms with Crippen LogP contribution in [0.3, 0.4) is 0 Å². The Morgan fingerprint density at radius 2 is 2.19 bits per heavy atom. The molecular formula is C16H24N2O3. The van der Waals surface area contributed by atoms with Gasteiger partial charge in [0.15, 0.2) is 0 Å². The fourth-order valence-electron chi connectivity index (χ4n) is 2.86. The molecule has 0 aliphatic carbocycles. The maximum atomic E-state index is 12.4. The Morgan fingerprint density at radius 3 is 2.86 bits per heavy atom. The summed E-state index contributed by atoms with van der Waals surface area (Å²) in [5.74, 6) is 1.80. The minimum Gasteiger partial charge on any atom is -0.497 e. The second-order valence-electron chi connectivity index (χ2n) is 5.21. The lowest BCUT2D eigenvalue weighted by Gasteiger charge is -2.26. The minimum absolute atomic E-state index is 0.0828.